The molecule has 1 saturated carbocycles. The lowest BCUT2D eigenvalue weighted by molar-refractivity contribution is -0.125. The van der Waals surface area contributed by atoms with Gasteiger partial charge in [0.25, 0.3) is 0 Å². The lowest BCUT2D eigenvalue weighted by Gasteiger charge is -2.17. The molecule has 0 heterocycles. The van der Waals surface area contributed by atoms with Crippen molar-refractivity contribution in [2.24, 2.45) is 17.6 Å². The van der Waals surface area contributed by atoms with Crippen LogP contribution >= 0.6 is 12.4 Å². The summed E-state index contributed by atoms with van der Waals surface area (Å²) in [5.74, 6) is 0.193. The van der Waals surface area contributed by atoms with Crippen LogP contribution in [0.15, 0.2) is 0 Å². The van der Waals surface area contributed by atoms with Crippen LogP contribution in [0.25, 0.3) is 0 Å². The number of nitrogens with two attached hydrogens (primary N) is 1. The second-order valence-electron chi connectivity index (χ2n) is 4.45. The van der Waals surface area contributed by atoms with Crippen molar-refractivity contribution in [2.45, 2.75) is 19.3 Å². The monoisotopic (exact) mass is 284 g/mol. The zero-order valence-corrected chi connectivity index (χ0v) is 11.6. The molecular formula is C10H21ClN2O3S. The second-order valence-corrected chi connectivity index (χ2v) is 6.71. The predicted octanol–water partition coefficient (Wildman–Crippen LogP) is -0.0560. The number of sulfone groups is 1. The summed E-state index contributed by atoms with van der Waals surface area (Å²) in [5.41, 5.74) is 5.58. The Morgan fingerprint density at radius 2 is 2.06 bits per heavy atom. The normalized spacial score (nSPS) is 24.1. The molecule has 0 radical (unpaired) electrons. The number of hydrogen-bond acceptors (Lipinski definition) is 4. The summed E-state index contributed by atoms with van der Waals surface area (Å²) in [4.78, 5) is 11.7. The van der Waals surface area contributed by atoms with Gasteiger partial charge in [-0.3, -0.25) is 4.79 Å². The first-order valence-electron chi connectivity index (χ1n) is 5.59. The fourth-order valence-electron chi connectivity index (χ4n) is 2.15. The van der Waals surface area contributed by atoms with Crippen LogP contribution in [0.2, 0.25) is 0 Å². The predicted molar refractivity (Wildman–Crippen MR) is 69.9 cm³/mol. The summed E-state index contributed by atoms with van der Waals surface area (Å²) in [6.07, 6.45) is 4.07. The van der Waals surface area contributed by atoms with Crippen LogP contribution in [0.1, 0.15) is 19.3 Å². The number of nitrogens with one attached hydrogen (secondary N) is 1. The first-order valence-corrected chi connectivity index (χ1v) is 7.65. The van der Waals surface area contributed by atoms with Gasteiger partial charge >= 0.3 is 0 Å². The van der Waals surface area contributed by atoms with Crippen molar-refractivity contribution >= 4 is 28.2 Å². The van der Waals surface area contributed by atoms with Gasteiger partial charge in [-0.05, 0) is 25.3 Å². The molecule has 0 aliphatic heterocycles. The van der Waals surface area contributed by atoms with Crippen LogP contribution in [0, 0.1) is 11.8 Å². The molecule has 17 heavy (non-hydrogen) atoms. The summed E-state index contributed by atoms with van der Waals surface area (Å²) >= 11 is 0. The van der Waals surface area contributed by atoms with Gasteiger partial charge in [0.15, 0.2) is 0 Å². The van der Waals surface area contributed by atoms with Gasteiger partial charge in [0, 0.05) is 18.7 Å². The van der Waals surface area contributed by atoms with Gasteiger partial charge in [0.2, 0.25) is 5.91 Å². The van der Waals surface area contributed by atoms with Crippen molar-refractivity contribution in [3.05, 3.63) is 0 Å². The Balaban J connectivity index is 0.00000256. The molecule has 0 aromatic carbocycles. The van der Waals surface area contributed by atoms with E-state index in [-0.39, 0.29) is 42.4 Å². The summed E-state index contributed by atoms with van der Waals surface area (Å²) < 4.78 is 21.8. The number of halogens is 1. The molecule has 0 aromatic rings. The molecule has 1 fully saturated rings. The van der Waals surface area contributed by atoms with Gasteiger partial charge in [-0.25, -0.2) is 8.42 Å². The Bertz CT molecular complexity index is 345. The molecule has 0 bridgehead atoms. The van der Waals surface area contributed by atoms with E-state index in [2.05, 4.69) is 5.32 Å². The van der Waals surface area contributed by atoms with Crippen LogP contribution in [0.4, 0.5) is 0 Å². The van der Waals surface area contributed by atoms with E-state index < -0.39 is 9.84 Å². The molecule has 1 rings (SSSR count). The smallest absolute Gasteiger partial charge is 0.223 e. The maximum absolute atomic E-state index is 11.7. The van der Waals surface area contributed by atoms with E-state index in [0.29, 0.717) is 6.54 Å². The largest absolute Gasteiger partial charge is 0.355 e. The summed E-state index contributed by atoms with van der Waals surface area (Å²) in [7, 11) is -3.00. The topological polar surface area (TPSA) is 89.3 Å². The van der Waals surface area contributed by atoms with Crippen molar-refractivity contribution in [2.75, 3.05) is 25.1 Å². The molecule has 1 amide bonds. The fraction of sp³-hybridized carbons (Fsp3) is 0.900. The van der Waals surface area contributed by atoms with E-state index in [9.17, 15) is 13.2 Å². The Morgan fingerprint density at radius 3 is 2.59 bits per heavy atom. The van der Waals surface area contributed by atoms with Crippen LogP contribution in [-0.2, 0) is 14.6 Å². The van der Waals surface area contributed by atoms with Gasteiger partial charge < -0.3 is 11.1 Å². The summed E-state index contributed by atoms with van der Waals surface area (Å²) in [5, 5.41) is 2.67. The van der Waals surface area contributed by atoms with Crippen molar-refractivity contribution in [3.8, 4) is 0 Å². The second kappa shape index (κ2) is 7.18. The molecule has 5 nitrogen and oxygen atoms in total. The van der Waals surface area contributed by atoms with Gasteiger partial charge in [0.05, 0.1) is 5.75 Å². The molecular weight excluding hydrogens is 264 g/mol. The quantitative estimate of drug-likeness (QED) is 0.740. The standard InChI is InChI=1S/C10H20N2O3S.ClH/c1-16(14,15)6-5-12-10(13)9-4-2-3-8(9)7-11;/h8-9H,2-7,11H2,1H3,(H,12,13);1H/t8-,9-;/m1./s1. The third-order valence-corrected chi connectivity index (χ3v) is 4.02. The van der Waals surface area contributed by atoms with E-state index in [4.69, 9.17) is 5.73 Å². The number of carbonyl (C=O) groups excluding carboxylic acids is 1. The number of carbonyl (C=O) groups is 1. The highest BCUT2D eigenvalue weighted by atomic mass is 35.5. The Morgan fingerprint density at radius 1 is 1.41 bits per heavy atom. The first kappa shape index (κ1) is 16.7. The first-order chi connectivity index (χ1) is 7.44. The fourth-order valence-corrected chi connectivity index (χ4v) is 2.63. The van der Waals surface area contributed by atoms with E-state index in [1.165, 1.54) is 0 Å². The Kier molecular flexibility index (Phi) is 7.04. The lowest BCUT2D eigenvalue weighted by Crippen LogP contribution is -2.37. The molecule has 0 aromatic heterocycles. The molecule has 1 aliphatic rings. The van der Waals surface area contributed by atoms with E-state index in [0.717, 1.165) is 25.5 Å². The molecule has 0 spiro atoms. The van der Waals surface area contributed by atoms with Crippen LogP contribution < -0.4 is 11.1 Å². The van der Waals surface area contributed by atoms with Crippen molar-refractivity contribution in [3.63, 3.8) is 0 Å². The maximum atomic E-state index is 11.7. The molecule has 7 heteroatoms. The summed E-state index contributed by atoms with van der Waals surface area (Å²) in [6.45, 7) is 0.732. The lowest BCUT2D eigenvalue weighted by atomic mass is 9.95. The Labute approximate surface area is 109 Å². The van der Waals surface area contributed by atoms with Crippen molar-refractivity contribution in [1.82, 2.24) is 5.32 Å². The molecule has 0 saturated heterocycles. The highest BCUT2D eigenvalue weighted by molar-refractivity contribution is 7.90. The highest BCUT2D eigenvalue weighted by Crippen LogP contribution is 2.30. The third-order valence-electron chi connectivity index (χ3n) is 3.07. The number of hydrogen-bond donors (Lipinski definition) is 2. The minimum absolute atomic E-state index is 0. The molecule has 0 unspecified atom stereocenters. The molecule has 2 atom stereocenters. The molecule has 1 aliphatic carbocycles. The molecule has 3 N–H and O–H groups in total. The van der Waals surface area contributed by atoms with Crippen molar-refractivity contribution in [1.29, 1.82) is 0 Å². The minimum atomic E-state index is -3.00. The SMILES string of the molecule is CS(=O)(=O)CCNC(=O)[C@@H]1CCC[C@@H]1CN.Cl. The van der Waals surface area contributed by atoms with Crippen LogP contribution in [0.5, 0.6) is 0 Å². The Hall–Kier alpha value is -0.330. The van der Waals surface area contributed by atoms with E-state index in [1.807, 2.05) is 0 Å². The van der Waals surface area contributed by atoms with E-state index >= 15 is 0 Å². The van der Waals surface area contributed by atoms with Gasteiger partial charge in [0.1, 0.15) is 9.84 Å². The van der Waals surface area contributed by atoms with Gasteiger partial charge in [-0.2, -0.15) is 0 Å². The van der Waals surface area contributed by atoms with Gasteiger partial charge in [-0.1, -0.05) is 6.42 Å². The van der Waals surface area contributed by atoms with E-state index in [1.54, 1.807) is 0 Å². The zero-order valence-electron chi connectivity index (χ0n) is 10.0. The molecule has 102 valence electrons. The summed E-state index contributed by atoms with van der Waals surface area (Å²) in [6, 6.07) is 0. The average Bonchev–Trinajstić information content (AvgIpc) is 2.63. The number of rotatable bonds is 5. The average molecular weight is 285 g/mol. The van der Waals surface area contributed by atoms with Crippen LogP contribution in [0.3, 0.4) is 0 Å². The zero-order chi connectivity index (χ0) is 12.2. The van der Waals surface area contributed by atoms with Crippen LogP contribution in [-0.4, -0.2) is 39.4 Å². The highest BCUT2D eigenvalue weighted by Gasteiger charge is 2.31. The minimum Gasteiger partial charge on any atom is -0.355 e. The van der Waals surface area contributed by atoms with Crippen molar-refractivity contribution < 1.29 is 13.2 Å². The van der Waals surface area contributed by atoms with Gasteiger partial charge in [-0.15, -0.1) is 12.4 Å². The third kappa shape index (κ3) is 5.70. The number of amides is 1. The maximum Gasteiger partial charge on any atom is 0.223 e.